The zero-order valence-electron chi connectivity index (χ0n) is 12.2. The van der Waals surface area contributed by atoms with Crippen molar-refractivity contribution in [2.45, 2.75) is 6.54 Å². The molecule has 4 amide bonds. The molecule has 0 atom stereocenters. The van der Waals surface area contributed by atoms with Gasteiger partial charge in [-0.05, 0) is 29.8 Å². The lowest BCUT2D eigenvalue weighted by molar-refractivity contribution is 0.242. The predicted octanol–water partition coefficient (Wildman–Crippen LogP) is 2.76. The van der Waals surface area contributed by atoms with Crippen molar-refractivity contribution < 1.29 is 9.59 Å². The number of benzene rings is 2. The molecule has 2 aromatic rings. The van der Waals surface area contributed by atoms with Crippen molar-refractivity contribution in [1.82, 2.24) is 10.6 Å². The number of urea groups is 2. The molecule has 0 bridgehead atoms. The van der Waals surface area contributed by atoms with Crippen LogP contribution in [0.2, 0.25) is 0 Å². The second kappa shape index (κ2) is 7.68. The van der Waals surface area contributed by atoms with E-state index >= 15 is 0 Å². The van der Waals surface area contributed by atoms with Crippen LogP contribution >= 0.6 is 0 Å². The molecule has 114 valence electrons. The number of rotatable bonds is 4. The zero-order chi connectivity index (χ0) is 15.8. The number of hydrogen-bond acceptors (Lipinski definition) is 2. The molecule has 6 nitrogen and oxygen atoms in total. The summed E-state index contributed by atoms with van der Waals surface area (Å²) >= 11 is 0. The van der Waals surface area contributed by atoms with Gasteiger partial charge in [0.25, 0.3) is 0 Å². The van der Waals surface area contributed by atoms with Crippen LogP contribution < -0.4 is 21.3 Å². The minimum atomic E-state index is -0.317. The summed E-state index contributed by atoms with van der Waals surface area (Å²) in [5.41, 5.74) is 2.27. The van der Waals surface area contributed by atoms with Gasteiger partial charge in [-0.1, -0.05) is 30.3 Å². The molecule has 0 spiro atoms. The number of para-hydroxylation sites is 1. The summed E-state index contributed by atoms with van der Waals surface area (Å²) in [5.74, 6) is 0. The van der Waals surface area contributed by atoms with Gasteiger partial charge in [0.05, 0.1) is 0 Å². The molecule has 0 heterocycles. The van der Waals surface area contributed by atoms with E-state index in [0.29, 0.717) is 12.2 Å². The Morgan fingerprint density at radius 3 is 2.27 bits per heavy atom. The van der Waals surface area contributed by atoms with Gasteiger partial charge in [0, 0.05) is 25.0 Å². The molecule has 0 saturated carbocycles. The Balaban J connectivity index is 1.92. The van der Waals surface area contributed by atoms with Gasteiger partial charge in [0.2, 0.25) is 0 Å². The number of carbonyl (C=O) groups excluding carboxylic acids is 2. The first-order valence-electron chi connectivity index (χ1n) is 6.85. The molecule has 0 saturated heterocycles. The fourth-order valence-corrected chi connectivity index (χ4v) is 1.84. The van der Waals surface area contributed by atoms with Crippen molar-refractivity contribution in [3.8, 4) is 0 Å². The number of nitrogens with one attached hydrogen (secondary N) is 4. The average Bonchev–Trinajstić information content (AvgIpc) is 2.53. The molecule has 0 fully saturated rings. The maximum Gasteiger partial charge on any atom is 0.323 e. The lowest BCUT2D eigenvalue weighted by atomic mass is 10.2. The second-order valence-electron chi connectivity index (χ2n) is 4.58. The van der Waals surface area contributed by atoms with Gasteiger partial charge < -0.3 is 21.3 Å². The number of anilines is 2. The molecule has 0 aliphatic rings. The van der Waals surface area contributed by atoms with E-state index in [0.717, 1.165) is 11.3 Å². The molecule has 6 heteroatoms. The lowest BCUT2D eigenvalue weighted by Crippen LogP contribution is -2.32. The second-order valence-corrected chi connectivity index (χ2v) is 4.58. The highest BCUT2D eigenvalue weighted by atomic mass is 16.2. The molecule has 22 heavy (non-hydrogen) atoms. The summed E-state index contributed by atoms with van der Waals surface area (Å²) in [7, 11) is 1.56. The number of amides is 4. The maximum absolute atomic E-state index is 11.9. The number of carbonyl (C=O) groups is 2. The molecular formula is C16H18N4O2. The van der Waals surface area contributed by atoms with Gasteiger partial charge in [0.1, 0.15) is 0 Å². The van der Waals surface area contributed by atoms with E-state index in [-0.39, 0.29) is 12.1 Å². The first kappa shape index (κ1) is 15.4. The minimum absolute atomic E-state index is 0.250. The Kier molecular flexibility index (Phi) is 5.37. The van der Waals surface area contributed by atoms with E-state index < -0.39 is 0 Å². The highest BCUT2D eigenvalue weighted by Crippen LogP contribution is 2.12. The summed E-state index contributed by atoms with van der Waals surface area (Å²) in [4.78, 5) is 23.1. The smallest absolute Gasteiger partial charge is 0.323 e. The predicted molar refractivity (Wildman–Crippen MR) is 86.8 cm³/mol. The van der Waals surface area contributed by atoms with Crippen LogP contribution in [0, 0.1) is 0 Å². The van der Waals surface area contributed by atoms with Gasteiger partial charge in [-0.25, -0.2) is 9.59 Å². The largest absolute Gasteiger partial charge is 0.341 e. The lowest BCUT2D eigenvalue weighted by Gasteiger charge is -2.09. The third-order valence-corrected chi connectivity index (χ3v) is 2.90. The molecule has 4 N–H and O–H groups in total. The van der Waals surface area contributed by atoms with Crippen molar-refractivity contribution in [3.63, 3.8) is 0 Å². The SMILES string of the molecule is CNC(=O)NCc1cccc(NC(=O)Nc2ccccc2)c1. The quantitative estimate of drug-likeness (QED) is 0.700. The van der Waals surface area contributed by atoms with Crippen molar-refractivity contribution in [2.24, 2.45) is 0 Å². The Hall–Kier alpha value is -3.02. The average molecular weight is 298 g/mol. The Bertz CT molecular complexity index is 644. The van der Waals surface area contributed by atoms with Gasteiger partial charge >= 0.3 is 12.1 Å². The standard InChI is InChI=1S/C16H18N4O2/c1-17-15(21)18-11-12-6-5-9-14(10-12)20-16(22)19-13-7-3-2-4-8-13/h2-10H,11H2,1H3,(H2,17,18,21)(H2,19,20,22). The first-order chi connectivity index (χ1) is 10.7. The van der Waals surface area contributed by atoms with E-state index in [2.05, 4.69) is 21.3 Å². The van der Waals surface area contributed by atoms with E-state index in [4.69, 9.17) is 0 Å². The van der Waals surface area contributed by atoms with Crippen LogP contribution in [-0.2, 0) is 6.54 Å². The van der Waals surface area contributed by atoms with Crippen molar-refractivity contribution in [3.05, 3.63) is 60.2 Å². The van der Waals surface area contributed by atoms with Gasteiger partial charge in [-0.3, -0.25) is 0 Å². The van der Waals surface area contributed by atoms with Crippen LogP contribution in [0.4, 0.5) is 21.0 Å². The normalized spacial score (nSPS) is 9.68. The summed E-state index contributed by atoms with van der Waals surface area (Å²) in [5, 5.41) is 10.7. The maximum atomic E-state index is 11.9. The first-order valence-corrected chi connectivity index (χ1v) is 6.85. The molecule has 0 unspecified atom stereocenters. The van der Waals surface area contributed by atoms with Crippen LogP contribution in [-0.4, -0.2) is 19.1 Å². The van der Waals surface area contributed by atoms with E-state index in [9.17, 15) is 9.59 Å². The third kappa shape index (κ3) is 4.82. The van der Waals surface area contributed by atoms with Crippen LogP contribution in [0.5, 0.6) is 0 Å². The van der Waals surface area contributed by atoms with Crippen molar-refractivity contribution >= 4 is 23.4 Å². The summed E-state index contributed by atoms with van der Waals surface area (Å²) in [6, 6.07) is 15.9. The van der Waals surface area contributed by atoms with E-state index in [1.807, 2.05) is 42.5 Å². The van der Waals surface area contributed by atoms with E-state index in [1.165, 1.54) is 0 Å². The van der Waals surface area contributed by atoms with Gasteiger partial charge in [-0.15, -0.1) is 0 Å². The molecule has 0 aromatic heterocycles. The van der Waals surface area contributed by atoms with Crippen LogP contribution in [0.15, 0.2) is 54.6 Å². The van der Waals surface area contributed by atoms with Gasteiger partial charge in [-0.2, -0.15) is 0 Å². The van der Waals surface area contributed by atoms with Crippen molar-refractivity contribution in [2.75, 3.05) is 17.7 Å². The zero-order valence-corrected chi connectivity index (χ0v) is 12.2. The fourth-order valence-electron chi connectivity index (χ4n) is 1.84. The molecule has 0 aliphatic carbocycles. The fraction of sp³-hybridized carbons (Fsp3) is 0.125. The Morgan fingerprint density at radius 1 is 0.864 bits per heavy atom. The van der Waals surface area contributed by atoms with Crippen LogP contribution in [0.25, 0.3) is 0 Å². The highest BCUT2D eigenvalue weighted by Gasteiger charge is 2.03. The summed E-state index contributed by atoms with van der Waals surface area (Å²) in [6.07, 6.45) is 0. The Labute approximate surface area is 128 Å². The van der Waals surface area contributed by atoms with Crippen LogP contribution in [0.3, 0.4) is 0 Å². The Morgan fingerprint density at radius 2 is 1.55 bits per heavy atom. The molecule has 2 aromatic carbocycles. The topological polar surface area (TPSA) is 82.3 Å². The van der Waals surface area contributed by atoms with E-state index in [1.54, 1.807) is 19.2 Å². The monoisotopic (exact) mass is 298 g/mol. The molecule has 0 radical (unpaired) electrons. The number of hydrogen-bond donors (Lipinski definition) is 4. The van der Waals surface area contributed by atoms with Crippen molar-refractivity contribution in [1.29, 1.82) is 0 Å². The summed E-state index contributed by atoms with van der Waals surface area (Å²) < 4.78 is 0. The molecular weight excluding hydrogens is 280 g/mol. The molecule has 2 rings (SSSR count). The minimum Gasteiger partial charge on any atom is -0.341 e. The molecule has 0 aliphatic heterocycles. The summed E-state index contributed by atoms with van der Waals surface area (Å²) in [6.45, 7) is 0.384. The highest BCUT2D eigenvalue weighted by molar-refractivity contribution is 5.99. The van der Waals surface area contributed by atoms with Gasteiger partial charge in [0.15, 0.2) is 0 Å². The third-order valence-electron chi connectivity index (χ3n) is 2.90. The van der Waals surface area contributed by atoms with Crippen LogP contribution in [0.1, 0.15) is 5.56 Å².